The first-order chi connectivity index (χ1) is 8.36. The lowest BCUT2D eigenvalue weighted by Gasteiger charge is -2.07. The standard InChI is InChI=1S/C12H15NO5/c1-6-5-9(14)10(12(16)18-6)7(2)13-8(3)11(15)17-4/h5,8,14H,1-4H3/t8-/m0/s1. The Morgan fingerprint density at radius 3 is 2.67 bits per heavy atom. The van der Waals surface area contributed by atoms with Gasteiger partial charge in [-0.1, -0.05) is 0 Å². The summed E-state index contributed by atoms with van der Waals surface area (Å²) in [6.07, 6.45) is 0. The highest BCUT2D eigenvalue weighted by atomic mass is 16.5. The molecule has 0 aliphatic carbocycles. The molecule has 0 aliphatic heterocycles. The van der Waals surface area contributed by atoms with Crippen molar-refractivity contribution in [2.45, 2.75) is 26.8 Å². The maximum absolute atomic E-state index is 11.6. The van der Waals surface area contributed by atoms with Crippen LogP contribution in [0.15, 0.2) is 20.3 Å². The van der Waals surface area contributed by atoms with Crippen LogP contribution in [0.1, 0.15) is 25.2 Å². The number of ether oxygens (including phenoxy) is 1. The van der Waals surface area contributed by atoms with E-state index in [0.717, 1.165) is 0 Å². The average Bonchev–Trinajstić information content (AvgIpc) is 2.26. The van der Waals surface area contributed by atoms with Gasteiger partial charge in [0.25, 0.3) is 0 Å². The van der Waals surface area contributed by atoms with E-state index in [2.05, 4.69) is 9.73 Å². The fourth-order valence-corrected chi connectivity index (χ4v) is 1.51. The zero-order valence-electron chi connectivity index (χ0n) is 10.7. The number of carbonyl (C=O) groups excluding carboxylic acids is 1. The maximum Gasteiger partial charge on any atom is 0.348 e. The summed E-state index contributed by atoms with van der Waals surface area (Å²) in [4.78, 5) is 26.8. The number of aliphatic imine (C=N–C) groups is 1. The number of aromatic hydroxyl groups is 1. The third kappa shape index (κ3) is 2.97. The zero-order valence-corrected chi connectivity index (χ0v) is 10.7. The Balaban J connectivity index is 3.19. The summed E-state index contributed by atoms with van der Waals surface area (Å²) in [5, 5.41) is 9.69. The van der Waals surface area contributed by atoms with Crippen LogP contribution in [-0.4, -0.2) is 29.9 Å². The van der Waals surface area contributed by atoms with Crippen molar-refractivity contribution in [3.8, 4) is 5.75 Å². The molecule has 0 bridgehead atoms. The fourth-order valence-electron chi connectivity index (χ4n) is 1.51. The molecule has 18 heavy (non-hydrogen) atoms. The quantitative estimate of drug-likeness (QED) is 0.641. The molecule has 0 amide bonds. The molecule has 1 atom stereocenters. The number of carbonyl (C=O) groups is 1. The Bertz CT molecular complexity index is 544. The number of esters is 1. The number of hydrogen-bond acceptors (Lipinski definition) is 6. The van der Waals surface area contributed by atoms with Gasteiger partial charge in [0, 0.05) is 6.07 Å². The topological polar surface area (TPSA) is 89.1 Å². The van der Waals surface area contributed by atoms with Crippen molar-refractivity contribution < 1.29 is 19.1 Å². The molecular formula is C12H15NO5. The van der Waals surface area contributed by atoms with Crippen molar-refractivity contribution in [2.24, 2.45) is 4.99 Å². The Kier molecular flexibility index (Phi) is 4.25. The average molecular weight is 253 g/mol. The molecule has 98 valence electrons. The summed E-state index contributed by atoms with van der Waals surface area (Å²) in [6, 6.07) is 0.563. The largest absolute Gasteiger partial charge is 0.507 e. The van der Waals surface area contributed by atoms with Crippen LogP contribution in [0.25, 0.3) is 0 Å². The summed E-state index contributed by atoms with van der Waals surface area (Å²) in [6.45, 7) is 4.59. The van der Waals surface area contributed by atoms with Gasteiger partial charge < -0.3 is 14.3 Å². The van der Waals surface area contributed by atoms with Crippen molar-refractivity contribution in [2.75, 3.05) is 7.11 Å². The van der Waals surface area contributed by atoms with Gasteiger partial charge in [-0.2, -0.15) is 0 Å². The molecule has 6 nitrogen and oxygen atoms in total. The number of hydrogen-bond donors (Lipinski definition) is 1. The van der Waals surface area contributed by atoms with Gasteiger partial charge in [0.15, 0.2) is 0 Å². The van der Waals surface area contributed by atoms with Crippen molar-refractivity contribution in [3.63, 3.8) is 0 Å². The highest BCUT2D eigenvalue weighted by Gasteiger charge is 2.16. The Labute approximate surface area is 104 Å². The summed E-state index contributed by atoms with van der Waals surface area (Å²) >= 11 is 0. The summed E-state index contributed by atoms with van der Waals surface area (Å²) < 4.78 is 9.38. The predicted octanol–water partition coefficient (Wildman–Crippen LogP) is 1.02. The van der Waals surface area contributed by atoms with E-state index in [4.69, 9.17) is 4.42 Å². The van der Waals surface area contributed by atoms with Gasteiger partial charge in [-0.3, -0.25) is 4.99 Å². The van der Waals surface area contributed by atoms with Gasteiger partial charge in [0.2, 0.25) is 0 Å². The molecule has 1 N–H and O–H groups in total. The van der Waals surface area contributed by atoms with E-state index in [1.165, 1.54) is 27.0 Å². The van der Waals surface area contributed by atoms with Gasteiger partial charge in [0.1, 0.15) is 23.1 Å². The van der Waals surface area contributed by atoms with E-state index in [-0.39, 0.29) is 17.0 Å². The summed E-state index contributed by atoms with van der Waals surface area (Å²) in [7, 11) is 1.25. The molecule has 0 radical (unpaired) electrons. The van der Waals surface area contributed by atoms with E-state index < -0.39 is 17.6 Å². The highest BCUT2D eigenvalue weighted by Crippen LogP contribution is 2.15. The van der Waals surface area contributed by atoms with Gasteiger partial charge in [0.05, 0.1) is 12.8 Å². The molecule has 0 aromatic carbocycles. The minimum atomic E-state index is -0.755. The lowest BCUT2D eigenvalue weighted by molar-refractivity contribution is -0.141. The van der Waals surface area contributed by atoms with Crippen LogP contribution >= 0.6 is 0 Å². The predicted molar refractivity (Wildman–Crippen MR) is 65.1 cm³/mol. The van der Waals surface area contributed by atoms with Gasteiger partial charge >= 0.3 is 11.6 Å². The van der Waals surface area contributed by atoms with Crippen LogP contribution in [0.5, 0.6) is 5.75 Å². The SMILES string of the molecule is COC(=O)[C@H](C)N=C(C)c1c(O)cc(C)oc1=O. The minimum Gasteiger partial charge on any atom is -0.507 e. The van der Waals surface area contributed by atoms with E-state index >= 15 is 0 Å². The lowest BCUT2D eigenvalue weighted by Crippen LogP contribution is -2.20. The Hall–Kier alpha value is -2.11. The number of aryl methyl sites for hydroxylation is 1. The van der Waals surface area contributed by atoms with E-state index in [1.54, 1.807) is 6.92 Å². The number of nitrogens with zero attached hydrogens (tertiary/aromatic N) is 1. The molecule has 0 aliphatic rings. The molecule has 0 unspecified atom stereocenters. The van der Waals surface area contributed by atoms with Gasteiger partial charge in [-0.25, -0.2) is 9.59 Å². The fraction of sp³-hybridized carbons (Fsp3) is 0.417. The van der Waals surface area contributed by atoms with Crippen LogP contribution < -0.4 is 5.63 Å². The second-order valence-electron chi connectivity index (χ2n) is 3.82. The van der Waals surface area contributed by atoms with E-state index in [1.807, 2.05) is 0 Å². The lowest BCUT2D eigenvalue weighted by atomic mass is 10.1. The maximum atomic E-state index is 11.6. The molecule has 1 rings (SSSR count). The first-order valence-electron chi connectivity index (χ1n) is 5.33. The molecule has 0 saturated heterocycles. The normalized spacial score (nSPS) is 13.2. The molecule has 6 heteroatoms. The molecule has 1 aromatic heterocycles. The Morgan fingerprint density at radius 2 is 2.17 bits per heavy atom. The summed E-state index contributed by atoms with van der Waals surface area (Å²) in [5.74, 6) is -0.442. The second kappa shape index (κ2) is 5.48. The third-order valence-electron chi connectivity index (χ3n) is 2.35. The van der Waals surface area contributed by atoms with Crippen LogP contribution in [0, 0.1) is 6.92 Å². The Morgan fingerprint density at radius 1 is 1.56 bits per heavy atom. The van der Waals surface area contributed by atoms with Gasteiger partial charge in [-0.05, 0) is 20.8 Å². The van der Waals surface area contributed by atoms with Crippen LogP contribution in [0.4, 0.5) is 0 Å². The van der Waals surface area contributed by atoms with Crippen LogP contribution in [0.3, 0.4) is 0 Å². The van der Waals surface area contributed by atoms with Crippen molar-refractivity contribution in [1.82, 2.24) is 0 Å². The smallest absolute Gasteiger partial charge is 0.348 e. The minimum absolute atomic E-state index is 0.0450. The van der Waals surface area contributed by atoms with Crippen molar-refractivity contribution in [3.05, 3.63) is 27.8 Å². The molecule has 0 saturated carbocycles. The van der Waals surface area contributed by atoms with E-state index in [0.29, 0.717) is 5.76 Å². The third-order valence-corrected chi connectivity index (χ3v) is 2.35. The molecule has 0 fully saturated rings. The van der Waals surface area contributed by atoms with Crippen molar-refractivity contribution >= 4 is 11.7 Å². The second-order valence-corrected chi connectivity index (χ2v) is 3.82. The first kappa shape index (κ1) is 14.0. The monoisotopic (exact) mass is 253 g/mol. The summed E-state index contributed by atoms with van der Waals surface area (Å²) in [5.41, 5.74) is -0.513. The van der Waals surface area contributed by atoms with Crippen LogP contribution in [-0.2, 0) is 9.53 Å². The van der Waals surface area contributed by atoms with Gasteiger partial charge in [-0.15, -0.1) is 0 Å². The first-order valence-corrected chi connectivity index (χ1v) is 5.33. The highest BCUT2D eigenvalue weighted by molar-refractivity contribution is 6.01. The van der Waals surface area contributed by atoms with E-state index in [9.17, 15) is 14.7 Å². The molecule has 1 heterocycles. The number of methoxy groups -OCH3 is 1. The molecular weight excluding hydrogens is 238 g/mol. The molecule has 0 spiro atoms. The molecule has 1 aromatic rings. The van der Waals surface area contributed by atoms with Crippen LogP contribution in [0.2, 0.25) is 0 Å². The zero-order chi connectivity index (χ0) is 13.9. The number of rotatable bonds is 3. The van der Waals surface area contributed by atoms with Crippen molar-refractivity contribution in [1.29, 1.82) is 0 Å².